The molecule has 48 heavy (non-hydrogen) atoms. The summed E-state index contributed by atoms with van der Waals surface area (Å²) in [6, 6.07) is 18.9. The van der Waals surface area contributed by atoms with Crippen LogP contribution < -0.4 is 5.32 Å². The predicted molar refractivity (Wildman–Crippen MR) is 199 cm³/mol. The molecule has 270 valence electrons. The molecule has 0 spiro atoms. The Morgan fingerprint density at radius 2 is 1.19 bits per heavy atom. The maximum atomic E-state index is 13.4. The first-order valence-electron chi connectivity index (χ1n) is 17.2. The Morgan fingerprint density at radius 3 is 1.67 bits per heavy atom. The summed E-state index contributed by atoms with van der Waals surface area (Å²) in [4.78, 5) is 26.7. The summed E-state index contributed by atoms with van der Waals surface area (Å²) in [5, 5.41) is 2.88. The van der Waals surface area contributed by atoms with E-state index in [9.17, 15) is 9.59 Å². The zero-order valence-corrected chi connectivity index (χ0v) is 33.9. The molecule has 0 fully saturated rings. The van der Waals surface area contributed by atoms with Gasteiger partial charge in [-0.1, -0.05) is 102 Å². The molecule has 0 aliphatic carbocycles. The maximum absolute atomic E-state index is 13.4. The smallest absolute Gasteiger partial charge is 0.407 e. The average molecular weight is 702 g/mol. The van der Waals surface area contributed by atoms with E-state index in [1.165, 1.54) is 0 Å². The topological polar surface area (TPSA) is 92.3 Å². The van der Waals surface area contributed by atoms with Crippen molar-refractivity contribution in [3.05, 3.63) is 71.8 Å². The standard InChI is InChI=1S/C38H63NO7Si2/c1-36(2,3)44-34(40)25-31(45-47(10,11)37(4,5)6)24-33(46-48(12,13)38(7,8)9)32(28-42-26-29-20-16-14-17-21-29)39-35(41)43-27-30-22-18-15-19-23-30/h14-23,31-33H,24-28H2,1-13H3,(H,39,41)/t31-,32+,33+/m1/s1. The van der Waals surface area contributed by atoms with Crippen LogP contribution in [0.3, 0.4) is 0 Å². The number of carbonyl (C=O) groups is 2. The molecule has 0 aliphatic heterocycles. The van der Waals surface area contributed by atoms with Crippen molar-refractivity contribution in [1.29, 1.82) is 0 Å². The third kappa shape index (κ3) is 14.5. The zero-order valence-electron chi connectivity index (χ0n) is 31.9. The molecule has 1 N–H and O–H groups in total. The molecule has 1 amide bonds. The highest BCUT2D eigenvalue weighted by molar-refractivity contribution is 6.74. The van der Waals surface area contributed by atoms with Crippen molar-refractivity contribution in [3.63, 3.8) is 0 Å². The summed E-state index contributed by atoms with van der Waals surface area (Å²) in [6.45, 7) is 28.1. The van der Waals surface area contributed by atoms with Gasteiger partial charge in [-0.2, -0.15) is 0 Å². The van der Waals surface area contributed by atoms with Crippen molar-refractivity contribution in [3.8, 4) is 0 Å². The Hall–Kier alpha value is -2.51. The van der Waals surface area contributed by atoms with Crippen LogP contribution in [0, 0.1) is 0 Å². The number of amides is 1. The van der Waals surface area contributed by atoms with Gasteiger partial charge in [0, 0.05) is 0 Å². The molecule has 0 aliphatic rings. The van der Waals surface area contributed by atoms with Crippen LogP contribution in [0.4, 0.5) is 4.79 Å². The van der Waals surface area contributed by atoms with Gasteiger partial charge in [-0.3, -0.25) is 4.79 Å². The Bertz CT molecular complexity index is 1270. The fourth-order valence-electron chi connectivity index (χ4n) is 4.48. The van der Waals surface area contributed by atoms with Crippen LogP contribution in [0.15, 0.2) is 60.7 Å². The van der Waals surface area contributed by atoms with E-state index in [0.29, 0.717) is 13.0 Å². The molecule has 3 atom stereocenters. The zero-order chi connectivity index (χ0) is 36.4. The lowest BCUT2D eigenvalue weighted by Crippen LogP contribution is -2.55. The normalized spacial score (nSPS) is 14.9. The minimum atomic E-state index is -2.40. The maximum Gasteiger partial charge on any atom is 0.407 e. The molecule has 0 radical (unpaired) electrons. The van der Waals surface area contributed by atoms with Gasteiger partial charge in [-0.15, -0.1) is 0 Å². The van der Waals surface area contributed by atoms with Gasteiger partial charge in [0.25, 0.3) is 0 Å². The number of rotatable bonds is 16. The molecular formula is C38H63NO7Si2. The van der Waals surface area contributed by atoms with Gasteiger partial charge in [0.2, 0.25) is 0 Å². The van der Waals surface area contributed by atoms with Crippen molar-refractivity contribution in [2.75, 3.05) is 6.61 Å². The SMILES string of the molecule is CC(C)(C)OC(=O)C[C@@H](C[C@H](O[Si](C)(C)C(C)(C)C)[C@H](COCc1ccccc1)NC(=O)OCc1ccccc1)O[Si](C)(C)C(C)(C)C. The van der Waals surface area contributed by atoms with Crippen LogP contribution >= 0.6 is 0 Å². The van der Waals surface area contributed by atoms with E-state index in [1.54, 1.807) is 0 Å². The van der Waals surface area contributed by atoms with Gasteiger partial charge in [0.15, 0.2) is 16.6 Å². The lowest BCUT2D eigenvalue weighted by atomic mass is 10.0. The molecule has 2 aromatic rings. The highest BCUT2D eigenvalue weighted by atomic mass is 28.4. The van der Waals surface area contributed by atoms with Crippen molar-refractivity contribution in [1.82, 2.24) is 5.32 Å². The predicted octanol–water partition coefficient (Wildman–Crippen LogP) is 9.40. The third-order valence-corrected chi connectivity index (χ3v) is 18.2. The van der Waals surface area contributed by atoms with Crippen LogP contribution in [0.5, 0.6) is 0 Å². The summed E-state index contributed by atoms with van der Waals surface area (Å²) in [5.74, 6) is -0.329. The average Bonchev–Trinajstić information content (AvgIpc) is 2.93. The minimum Gasteiger partial charge on any atom is -0.460 e. The van der Waals surface area contributed by atoms with Crippen molar-refractivity contribution in [2.24, 2.45) is 0 Å². The lowest BCUT2D eigenvalue weighted by Gasteiger charge is -2.44. The number of alkyl carbamates (subject to hydrolysis) is 1. The quantitative estimate of drug-likeness (QED) is 0.138. The Morgan fingerprint density at radius 1 is 0.708 bits per heavy atom. The molecule has 0 unspecified atom stereocenters. The molecule has 0 aromatic heterocycles. The van der Waals surface area contributed by atoms with Gasteiger partial charge in [-0.05, 0) is 74.6 Å². The van der Waals surface area contributed by atoms with E-state index in [4.69, 9.17) is 23.1 Å². The fourth-order valence-corrected chi connectivity index (χ4v) is 7.22. The van der Waals surface area contributed by atoms with Gasteiger partial charge < -0.3 is 28.4 Å². The molecule has 2 rings (SSSR count). The van der Waals surface area contributed by atoms with E-state index >= 15 is 0 Å². The van der Waals surface area contributed by atoms with Crippen LogP contribution in [-0.4, -0.2) is 59.2 Å². The van der Waals surface area contributed by atoms with E-state index in [1.807, 2.05) is 81.4 Å². The van der Waals surface area contributed by atoms with E-state index < -0.39 is 46.6 Å². The number of ether oxygens (including phenoxy) is 3. The summed E-state index contributed by atoms with van der Waals surface area (Å²) in [6.07, 6.45) is -1.18. The number of nitrogens with one attached hydrogen (secondary N) is 1. The third-order valence-electron chi connectivity index (χ3n) is 9.20. The molecule has 8 nitrogen and oxygen atoms in total. The molecule has 0 heterocycles. The number of hydrogen-bond acceptors (Lipinski definition) is 7. The van der Waals surface area contributed by atoms with E-state index in [0.717, 1.165) is 11.1 Å². The Balaban J connectivity index is 2.50. The molecule has 0 saturated carbocycles. The van der Waals surface area contributed by atoms with Gasteiger partial charge in [-0.25, -0.2) is 4.79 Å². The molecule has 10 heteroatoms. The van der Waals surface area contributed by atoms with Gasteiger partial charge >= 0.3 is 12.1 Å². The first-order valence-corrected chi connectivity index (χ1v) is 23.0. The van der Waals surface area contributed by atoms with Crippen molar-refractivity contribution >= 4 is 28.7 Å². The highest BCUT2D eigenvalue weighted by Gasteiger charge is 2.44. The molecule has 0 saturated heterocycles. The number of esters is 1. The summed E-state index contributed by atoms with van der Waals surface area (Å²) in [7, 11) is -4.74. The molecule has 2 aromatic carbocycles. The fraction of sp³-hybridized carbons (Fsp3) is 0.632. The second-order valence-electron chi connectivity index (χ2n) is 16.8. The summed E-state index contributed by atoms with van der Waals surface area (Å²) >= 11 is 0. The molecular weight excluding hydrogens is 639 g/mol. The van der Waals surface area contributed by atoms with Crippen LogP contribution in [-0.2, 0) is 41.1 Å². The Kier molecular flexibility index (Phi) is 15.1. The summed E-state index contributed by atoms with van der Waals surface area (Å²) in [5.41, 5.74) is 1.28. The minimum absolute atomic E-state index is 0.0667. The number of benzene rings is 2. The molecule has 0 bridgehead atoms. The first kappa shape index (κ1) is 41.7. The second kappa shape index (κ2) is 17.4. The van der Waals surface area contributed by atoms with Crippen LogP contribution in [0.2, 0.25) is 36.3 Å². The highest BCUT2D eigenvalue weighted by Crippen LogP contribution is 2.40. The van der Waals surface area contributed by atoms with Crippen LogP contribution in [0.1, 0.15) is 86.3 Å². The number of carbonyl (C=O) groups excluding carboxylic acids is 2. The lowest BCUT2D eigenvalue weighted by molar-refractivity contribution is -0.157. The van der Waals surface area contributed by atoms with Crippen molar-refractivity contribution in [2.45, 2.75) is 148 Å². The summed E-state index contributed by atoms with van der Waals surface area (Å²) < 4.78 is 31.7. The van der Waals surface area contributed by atoms with Crippen molar-refractivity contribution < 1.29 is 32.7 Å². The number of hydrogen-bond donors (Lipinski definition) is 1. The Labute approximate surface area is 292 Å². The van der Waals surface area contributed by atoms with Crippen LogP contribution in [0.25, 0.3) is 0 Å². The first-order chi connectivity index (χ1) is 22.0. The van der Waals surface area contributed by atoms with Gasteiger partial charge in [0.05, 0.1) is 37.9 Å². The van der Waals surface area contributed by atoms with E-state index in [2.05, 4.69) is 73.0 Å². The van der Waals surface area contributed by atoms with Gasteiger partial charge in [0.1, 0.15) is 12.2 Å². The largest absolute Gasteiger partial charge is 0.460 e. The second-order valence-corrected chi connectivity index (χ2v) is 26.3. The van der Waals surface area contributed by atoms with E-state index in [-0.39, 0.29) is 35.7 Å². The monoisotopic (exact) mass is 701 g/mol.